The number of rotatable bonds is 4. The number of hydrogen-bond acceptors (Lipinski definition) is 6. The number of aromatic amines is 1. The van der Waals surface area contributed by atoms with Gasteiger partial charge in [-0.15, -0.1) is 0 Å². The van der Waals surface area contributed by atoms with Crippen LogP contribution >= 0.6 is 12.2 Å². The van der Waals surface area contributed by atoms with Crippen LogP contribution in [0, 0.1) is 10.7 Å². The molecular weight excluding hydrogens is 340 g/mol. The summed E-state index contributed by atoms with van der Waals surface area (Å²) in [6.07, 6.45) is 10.3. The van der Waals surface area contributed by atoms with Gasteiger partial charge in [0.15, 0.2) is 4.77 Å². The molecule has 0 bridgehead atoms. The number of H-pyrrole nitrogens is 1. The zero-order valence-corrected chi connectivity index (χ0v) is 14.8. The maximum Gasteiger partial charge on any atom is 0.308 e. The Morgan fingerprint density at radius 1 is 1.32 bits per heavy atom. The molecule has 2 heterocycles. The molecule has 1 saturated carbocycles. The number of nitrogens with one attached hydrogen (secondary N) is 1. The average Bonchev–Trinajstić information content (AvgIpc) is 2.64. The van der Waals surface area contributed by atoms with Crippen LogP contribution in [-0.2, 0) is 16.0 Å². The van der Waals surface area contributed by atoms with Gasteiger partial charge in [0, 0.05) is 36.6 Å². The predicted molar refractivity (Wildman–Crippen MR) is 93.7 cm³/mol. The number of ether oxygens (including phenoxy) is 1. The molecule has 0 aromatic carbocycles. The van der Waals surface area contributed by atoms with Gasteiger partial charge in [0.05, 0.1) is 13.0 Å². The van der Waals surface area contributed by atoms with Crippen LogP contribution in [-0.4, -0.2) is 32.6 Å². The van der Waals surface area contributed by atoms with E-state index in [1.807, 2.05) is 10.8 Å². The first-order valence-corrected chi connectivity index (χ1v) is 8.65. The fraction of sp³-hybridized carbons (Fsp3) is 0.471. The van der Waals surface area contributed by atoms with Gasteiger partial charge in [0.2, 0.25) is 0 Å². The van der Waals surface area contributed by atoms with E-state index in [1.54, 1.807) is 12.4 Å². The molecule has 0 amide bonds. The molecule has 0 unspecified atom stereocenters. The first kappa shape index (κ1) is 17.5. The van der Waals surface area contributed by atoms with Crippen LogP contribution in [0.1, 0.15) is 42.9 Å². The summed E-state index contributed by atoms with van der Waals surface area (Å²) in [5.41, 5.74) is 1.30. The smallest absolute Gasteiger partial charge is 0.308 e. The third-order valence-corrected chi connectivity index (χ3v) is 4.99. The molecule has 0 radical (unpaired) electrons. The number of nitrogens with zero attached hydrogens (tertiary/aromatic N) is 3. The van der Waals surface area contributed by atoms with Crippen LogP contribution in [0.3, 0.4) is 0 Å². The fourth-order valence-corrected chi connectivity index (χ4v) is 3.62. The Labute approximate surface area is 150 Å². The van der Waals surface area contributed by atoms with Gasteiger partial charge < -0.3 is 9.30 Å². The van der Waals surface area contributed by atoms with Gasteiger partial charge in [0.25, 0.3) is 5.56 Å². The van der Waals surface area contributed by atoms with E-state index in [1.165, 1.54) is 13.4 Å². The predicted octanol–water partition coefficient (Wildman–Crippen LogP) is 2.19. The van der Waals surface area contributed by atoms with E-state index in [9.17, 15) is 9.59 Å². The lowest BCUT2D eigenvalue weighted by atomic mass is 9.86. The van der Waals surface area contributed by atoms with Crippen molar-refractivity contribution in [2.45, 2.75) is 38.1 Å². The number of carbonyl (C=O) groups excluding carboxylic acids is 1. The van der Waals surface area contributed by atoms with Crippen molar-refractivity contribution < 1.29 is 9.53 Å². The van der Waals surface area contributed by atoms with Crippen molar-refractivity contribution in [1.82, 2.24) is 19.5 Å². The molecule has 7 nitrogen and oxygen atoms in total. The Morgan fingerprint density at radius 3 is 2.64 bits per heavy atom. The molecule has 8 heteroatoms. The SMILES string of the molecule is COC(=O)C1CCC(n2cc(Cc3cncnc3)c(=O)[nH]c2=S)CC1. The summed E-state index contributed by atoms with van der Waals surface area (Å²) in [6.45, 7) is 0. The molecule has 3 rings (SSSR count). The Hall–Kier alpha value is -2.35. The summed E-state index contributed by atoms with van der Waals surface area (Å²) in [6, 6.07) is 0.177. The second-order valence-electron chi connectivity index (χ2n) is 6.27. The van der Waals surface area contributed by atoms with Crippen LogP contribution in [0.25, 0.3) is 0 Å². The van der Waals surface area contributed by atoms with Crippen LogP contribution < -0.4 is 5.56 Å². The Bertz CT molecular complexity index is 854. The first-order chi connectivity index (χ1) is 12.1. The Kier molecular flexibility index (Phi) is 5.37. The molecule has 0 saturated heterocycles. The van der Waals surface area contributed by atoms with Crippen molar-refractivity contribution in [3.05, 3.63) is 51.2 Å². The minimum atomic E-state index is -0.187. The largest absolute Gasteiger partial charge is 0.469 e. The second kappa shape index (κ2) is 7.69. The van der Waals surface area contributed by atoms with Gasteiger partial charge in [-0.3, -0.25) is 14.6 Å². The third kappa shape index (κ3) is 4.01. The normalized spacial score (nSPS) is 20.2. The molecule has 0 aliphatic heterocycles. The zero-order valence-electron chi connectivity index (χ0n) is 14.0. The zero-order chi connectivity index (χ0) is 17.8. The van der Waals surface area contributed by atoms with E-state index < -0.39 is 0 Å². The van der Waals surface area contributed by atoms with Crippen LogP contribution in [0.15, 0.2) is 29.7 Å². The molecule has 25 heavy (non-hydrogen) atoms. The molecule has 132 valence electrons. The number of methoxy groups -OCH3 is 1. The second-order valence-corrected chi connectivity index (χ2v) is 6.66. The molecule has 2 aromatic rings. The Balaban J connectivity index is 1.80. The highest BCUT2D eigenvalue weighted by Gasteiger charge is 2.28. The summed E-state index contributed by atoms with van der Waals surface area (Å²) in [5.74, 6) is -0.188. The molecule has 2 aromatic heterocycles. The molecule has 1 aliphatic rings. The number of esters is 1. The van der Waals surface area contributed by atoms with E-state index in [4.69, 9.17) is 17.0 Å². The minimum Gasteiger partial charge on any atom is -0.469 e. The highest BCUT2D eigenvalue weighted by molar-refractivity contribution is 7.71. The molecule has 1 fully saturated rings. The standard InChI is InChI=1S/C17H20N4O3S/c1-24-16(23)12-2-4-14(5-3-12)21-9-13(15(22)20-17(21)25)6-11-7-18-10-19-8-11/h7-10,12,14H,2-6H2,1H3,(H,20,22,25). The molecule has 1 aliphatic carbocycles. The Morgan fingerprint density at radius 2 is 2.00 bits per heavy atom. The van der Waals surface area contributed by atoms with Gasteiger partial charge in [-0.05, 0) is 43.5 Å². The van der Waals surface area contributed by atoms with E-state index in [0.717, 1.165) is 31.2 Å². The number of hydrogen-bond donors (Lipinski definition) is 1. The summed E-state index contributed by atoms with van der Waals surface area (Å²) in [4.78, 5) is 34.6. The molecule has 0 atom stereocenters. The van der Waals surface area contributed by atoms with Crippen molar-refractivity contribution in [2.24, 2.45) is 5.92 Å². The van der Waals surface area contributed by atoms with E-state index in [2.05, 4.69) is 15.0 Å². The van der Waals surface area contributed by atoms with Gasteiger partial charge in [-0.25, -0.2) is 9.97 Å². The maximum atomic E-state index is 12.2. The molecule has 1 N–H and O–H groups in total. The van der Waals surface area contributed by atoms with Crippen LogP contribution in [0.5, 0.6) is 0 Å². The maximum absolute atomic E-state index is 12.2. The molecule has 0 spiro atoms. The lowest BCUT2D eigenvalue weighted by Crippen LogP contribution is -2.27. The first-order valence-electron chi connectivity index (χ1n) is 8.24. The van der Waals surface area contributed by atoms with Gasteiger partial charge in [-0.2, -0.15) is 0 Å². The van der Waals surface area contributed by atoms with Crippen molar-refractivity contribution in [3.63, 3.8) is 0 Å². The lowest BCUT2D eigenvalue weighted by Gasteiger charge is -2.29. The van der Waals surface area contributed by atoms with Gasteiger partial charge in [-0.1, -0.05) is 0 Å². The summed E-state index contributed by atoms with van der Waals surface area (Å²) >= 11 is 5.34. The summed E-state index contributed by atoms with van der Waals surface area (Å²) in [5, 5.41) is 0. The third-order valence-electron chi connectivity index (χ3n) is 4.67. The number of aromatic nitrogens is 4. The van der Waals surface area contributed by atoms with E-state index in [-0.39, 0.29) is 23.5 Å². The van der Waals surface area contributed by atoms with Crippen molar-refractivity contribution in [2.75, 3.05) is 7.11 Å². The van der Waals surface area contributed by atoms with Crippen molar-refractivity contribution in [1.29, 1.82) is 0 Å². The van der Waals surface area contributed by atoms with Gasteiger partial charge >= 0.3 is 5.97 Å². The van der Waals surface area contributed by atoms with Crippen LogP contribution in [0.4, 0.5) is 0 Å². The fourth-order valence-electron chi connectivity index (χ4n) is 3.32. The van der Waals surface area contributed by atoms with Gasteiger partial charge in [0.1, 0.15) is 6.33 Å². The van der Waals surface area contributed by atoms with E-state index in [0.29, 0.717) is 16.8 Å². The lowest BCUT2D eigenvalue weighted by molar-refractivity contribution is -0.146. The highest BCUT2D eigenvalue weighted by Crippen LogP contribution is 2.32. The van der Waals surface area contributed by atoms with Crippen molar-refractivity contribution in [3.8, 4) is 0 Å². The monoisotopic (exact) mass is 360 g/mol. The van der Waals surface area contributed by atoms with Crippen LogP contribution in [0.2, 0.25) is 0 Å². The number of carbonyl (C=O) groups is 1. The van der Waals surface area contributed by atoms with E-state index >= 15 is 0 Å². The summed E-state index contributed by atoms with van der Waals surface area (Å²) < 4.78 is 7.19. The highest BCUT2D eigenvalue weighted by atomic mass is 32.1. The van der Waals surface area contributed by atoms with Crippen molar-refractivity contribution >= 4 is 18.2 Å². The average molecular weight is 360 g/mol. The summed E-state index contributed by atoms with van der Waals surface area (Å²) in [7, 11) is 1.42. The minimum absolute atomic E-state index is 0.0425. The topological polar surface area (TPSA) is 89.9 Å². The molecular formula is C17H20N4O3S. The quantitative estimate of drug-likeness (QED) is 0.664.